The molecule has 1 fully saturated rings. The molecule has 2 aromatic rings. The number of carbonyl (C=O) groups excluding carboxylic acids is 2. The van der Waals surface area contributed by atoms with E-state index in [9.17, 15) is 14.7 Å². The normalized spacial score (nSPS) is 19.1. The smallest absolute Gasteiger partial charge is 0.254 e. The number of aliphatic hydroxyl groups is 1. The van der Waals surface area contributed by atoms with Gasteiger partial charge in [-0.25, -0.2) is 4.98 Å². The molecule has 1 atom stereocenters. The Morgan fingerprint density at radius 2 is 2.07 bits per heavy atom. The average Bonchev–Trinajstić information content (AvgIpc) is 2.90. The van der Waals surface area contributed by atoms with Crippen LogP contribution in [0, 0.1) is 6.92 Å². The van der Waals surface area contributed by atoms with E-state index in [1.807, 2.05) is 19.1 Å². The Morgan fingerprint density at radius 3 is 2.83 bits per heavy atom. The number of anilines is 1. The summed E-state index contributed by atoms with van der Waals surface area (Å²) >= 11 is 6.18. The number of rotatable bonds is 5. The Kier molecular flexibility index (Phi) is 6.95. The molecule has 0 aliphatic carbocycles. The number of likely N-dealkylation sites (tertiary alicyclic amines) is 1. The topological polar surface area (TPSA) is 91.8 Å². The van der Waals surface area contributed by atoms with Crippen molar-refractivity contribution >= 4 is 29.2 Å². The molecule has 0 saturated carbocycles. The van der Waals surface area contributed by atoms with E-state index in [1.165, 1.54) is 13.1 Å². The lowest BCUT2D eigenvalue weighted by Gasteiger charge is -2.27. The van der Waals surface area contributed by atoms with E-state index in [0.29, 0.717) is 54.5 Å². The summed E-state index contributed by atoms with van der Waals surface area (Å²) in [6.07, 6.45) is 3.06. The van der Waals surface area contributed by atoms with Crippen LogP contribution in [0.4, 0.5) is 5.82 Å². The largest absolute Gasteiger partial charge is 0.489 e. The molecule has 160 valence electrons. The van der Waals surface area contributed by atoms with Crippen LogP contribution in [0.1, 0.15) is 42.1 Å². The van der Waals surface area contributed by atoms with Gasteiger partial charge < -0.3 is 20.1 Å². The van der Waals surface area contributed by atoms with Gasteiger partial charge in [-0.1, -0.05) is 17.7 Å². The molecule has 1 aliphatic heterocycles. The molecular formula is C22H26ClN3O4. The standard InChI is InChI=1S/C22H26ClN3O4/c1-15-4-5-18(23)19(12-15)30-14-22(29)7-3-10-26(11-8-22)21(28)17-6-9-24-20(13-17)25-16(2)27/h4-6,9,12-13,29H,3,7-8,10-11,14H2,1-2H3,(H,24,25,27). The minimum absolute atomic E-state index is 0.111. The number of carbonyl (C=O) groups is 2. The molecule has 8 heteroatoms. The first-order valence-corrected chi connectivity index (χ1v) is 10.3. The second-order valence-corrected chi connectivity index (χ2v) is 8.11. The third-order valence-corrected chi connectivity index (χ3v) is 5.41. The van der Waals surface area contributed by atoms with Gasteiger partial charge in [0.05, 0.1) is 5.02 Å². The predicted molar refractivity (Wildman–Crippen MR) is 115 cm³/mol. The zero-order valence-electron chi connectivity index (χ0n) is 17.2. The van der Waals surface area contributed by atoms with Crippen LogP contribution in [0.3, 0.4) is 0 Å². The number of pyridine rings is 1. The number of ether oxygens (including phenoxy) is 1. The number of hydrogen-bond acceptors (Lipinski definition) is 5. The highest BCUT2D eigenvalue weighted by Crippen LogP contribution is 2.29. The van der Waals surface area contributed by atoms with Crippen LogP contribution < -0.4 is 10.1 Å². The van der Waals surface area contributed by atoms with Crippen molar-refractivity contribution in [3.63, 3.8) is 0 Å². The molecule has 1 aromatic heterocycles. The van der Waals surface area contributed by atoms with Gasteiger partial charge >= 0.3 is 0 Å². The van der Waals surface area contributed by atoms with E-state index in [4.69, 9.17) is 16.3 Å². The molecule has 1 unspecified atom stereocenters. The van der Waals surface area contributed by atoms with E-state index >= 15 is 0 Å². The quantitative estimate of drug-likeness (QED) is 0.756. The Morgan fingerprint density at radius 1 is 1.27 bits per heavy atom. The maximum atomic E-state index is 12.9. The summed E-state index contributed by atoms with van der Waals surface area (Å²) in [6.45, 7) is 4.38. The molecule has 3 rings (SSSR count). The molecule has 1 saturated heterocycles. The number of amides is 2. The highest BCUT2D eigenvalue weighted by atomic mass is 35.5. The van der Waals surface area contributed by atoms with Crippen molar-refractivity contribution in [3.05, 3.63) is 52.7 Å². The zero-order valence-corrected chi connectivity index (χ0v) is 17.9. The van der Waals surface area contributed by atoms with Gasteiger partial charge in [0.25, 0.3) is 5.91 Å². The number of halogens is 1. The molecule has 2 N–H and O–H groups in total. The number of aryl methyl sites for hydroxylation is 1. The Bertz CT molecular complexity index is 936. The molecule has 0 spiro atoms. The summed E-state index contributed by atoms with van der Waals surface area (Å²) in [6, 6.07) is 8.69. The van der Waals surface area contributed by atoms with Crippen molar-refractivity contribution in [1.29, 1.82) is 0 Å². The lowest BCUT2D eigenvalue weighted by molar-refractivity contribution is -0.114. The van der Waals surface area contributed by atoms with Crippen LogP contribution >= 0.6 is 11.6 Å². The van der Waals surface area contributed by atoms with E-state index in [1.54, 1.807) is 23.1 Å². The maximum Gasteiger partial charge on any atom is 0.254 e. The highest BCUT2D eigenvalue weighted by molar-refractivity contribution is 6.32. The molecule has 1 aliphatic rings. The summed E-state index contributed by atoms with van der Waals surface area (Å²) in [4.78, 5) is 29.9. The van der Waals surface area contributed by atoms with Crippen molar-refractivity contribution in [2.24, 2.45) is 0 Å². The highest BCUT2D eigenvalue weighted by Gasteiger charge is 2.33. The van der Waals surface area contributed by atoms with Crippen LogP contribution in [0.5, 0.6) is 5.75 Å². The third-order valence-electron chi connectivity index (χ3n) is 5.10. The molecule has 30 heavy (non-hydrogen) atoms. The fourth-order valence-corrected chi connectivity index (χ4v) is 3.63. The lowest BCUT2D eigenvalue weighted by Crippen LogP contribution is -2.38. The minimum atomic E-state index is -1.04. The number of hydrogen-bond donors (Lipinski definition) is 2. The molecule has 7 nitrogen and oxygen atoms in total. The molecular weight excluding hydrogens is 406 g/mol. The molecule has 2 amide bonds. The Balaban J connectivity index is 1.63. The number of nitrogens with zero attached hydrogens (tertiary/aromatic N) is 2. The van der Waals surface area contributed by atoms with Crippen molar-refractivity contribution in [2.75, 3.05) is 25.0 Å². The van der Waals surface area contributed by atoms with Gasteiger partial charge in [0.2, 0.25) is 5.91 Å². The van der Waals surface area contributed by atoms with Crippen LogP contribution in [0.15, 0.2) is 36.5 Å². The van der Waals surface area contributed by atoms with Gasteiger partial charge in [-0.05, 0) is 56.0 Å². The van der Waals surface area contributed by atoms with Crippen molar-refractivity contribution in [1.82, 2.24) is 9.88 Å². The molecule has 0 radical (unpaired) electrons. The number of nitrogens with one attached hydrogen (secondary N) is 1. The molecule has 1 aromatic carbocycles. The molecule has 0 bridgehead atoms. The van der Waals surface area contributed by atoms with Gasteiger partial charge in [-0.2, -0.15) is 0 Å². The van der Waals surface area contributed by atoms with Crippen LogP contribution in [-0.2, 0) is 4.79 Å². The van der Waals surface area contributed by atoms with Gasteiger partial charge in [0.1, 0.15) is 23.8 Å². The summed E-state index contributed by atoms with van der Waals surface area (Å²) in [5, 5.41) is 14.1. The van der Waals surface area contributed by atoms with Crippen molar-refractivity contribution in [3.8, 4) is 5.75 Å². The first kappa shape index (κ1) is 22.1. The monoisotopic (exact) mass is 431 g/mol. The Labute approximate surface area is 181 Å². The fourth-order valence-electron chi connectivity index (χ4n) is 3.45. The van der Waals surface area contributed by atoms with Crippen molar-refractivity contribution in [2.45, 2.75) is 38.7 Å². The summed E-state index contributed by atoms with van der Waals surface area (Å²) < 4.78 is 5.81. The van der Waals surface area contributed by atoms with E-state index < -0.39 is 5.60 Å². The first-order valence-electron chi connectivity index (χ1n) is 9.90. The second-order valence-electron chi connectivity index (χ2n) is 7.70. The maximum absolute atomic E-state index is 12.9. The van der Waals surface area contributed by atoms with Gasteiger partial charge in [-0.15, -0.1) is 0 Å². The van der Waals surface area contributed by atoms with Gasteiger partial charge in [0, 0.05) is 31.8 Å². The SMILES string of the molecule is CC(=O)Nc1cc(C(=O)N2CCCC(O)(COc3cc(C)ccc3Cl)CC2)ccn1. The predicted octanol–water partition coefficient (Wildman–Crippen LogP) is 3.44. The first-order chi connectivity index (χ1) is 14.3. The van der Waals surface area contributed by atoms with Crippen LogP contribution in [0.25, 0.3) is 0 Å². The average molecular weight is 432 g/mol. The fraction of sp³-hybridized carbons (Fsp3) is 0.409. The van der Waals surface area contributed by atoms with Crippen LogP contribution in [0.2, 0.25) is 5.02 Å². The summed E-state index contributed by atoms with van der Waals surface area (Å²) in [5.74, 6) is 0.476. The van der Waals surface area contributed by atoms with E-state index in [2.05, 4.69) is 10.3 Å². The second kappa shape index (κ2) is 9.45. The van der Waals surface area contributed by atoms with E-state index in [0.717, 1.165) is 5.56 Å². The van der Waals surface area contributed by atoms with E-state index in [-0.39, 0.29) is 18.4 Å². The van der Waals surface area contributed by atoms with Crippen LogP contribution in [-0.4, -0.2) is 52.1 Å². The number of aromatic nitrogens is 1. The molecule has 2 heterocycles. The lowest BCUT2D eigenvalue weighted by atomic mass is 9.96. The van der Waals surface area contributed by atoms with Gasteiger partial charge in [0.15, 0.2) is 0 Å². The summed E-state index contributed by atoms with van der Waals surface area (Å²) in [5.41, 5.74) is 0.429. The minimum Gasteiger partial charge on any atom is -0.489 e. The third kappa shape index (κ3) is 5.70. The number of benzene rings is 1. The summed E-state index contributed by atoms with van der Waals surface area (Å²) in [7, 11) is 0. The van der Waals surface area contributed by atoms with Crippen molar-refractivity contribution < 1.29 is 19.4 Å². The van der Waals surface area contributed by atoms with Gasteiger partial charge in [-0.3, -0.25) is 9.59 Å². The zero-order chi connectivity index (χ0) is 21.7. The Hall–Kier alpha value is -2.64.